The van der Waals surface area contributed by atoms with E-state index in [0.29, 0.717) is 22.5 Å². The summed E-state index contributed by atoms with van der Waals surface area (Å²) in [5.74, 6) is 1.87. The monoisotopic (exact) mass is 264 g/mol. The highest BCUT2D eigenvalue weighted by atomic mass is 35.5. The van der Waals surface area contributed by atoms with Crippen molar-refractivity contribution in [1.29, 1.82) is 0 Å². The van der Waals surface area contributed by atoms with Gasteiger partial charge in [0.05, 0.1) is 12.1 Å². The Labute approximate surface area is 110 Å². The number of benzene rings is 1. The van der Waals surface area contributed by atoms with Gasteiger partial charge in [0.1, 0.15) is 11.6 Å². The van der Waals surface area contributed by atoms with Gasteiger partial charge < -0.3 is 15.4 Å². The molecular weight excluding hydrogens is 252 g/mol. The van der Waals surface area contributed by atoms with Crippen LogP contribution in [0.5, 0.6) is 5.75 Å². The molecule has 18 heavy (non-hydrogen) atoms. The van der Waals surface area contributed by atoms with Crippen molar-refractivity contribution in [2.24, 2.45) is 0 Å². The minimum absolute atomic E-state index is 0.556. The lowest BCUT2D eigenvalue weighted by Crippen LogP contribution is -1.99. The molecule has 0 aliphatic heterocycles. The summed E-state index contributed by atoms with van der Waals surface area (Å²) in [6.07, 6.45) is 1.67. The molecule has 0 saturated carbocycles. The Balaban J connectivity index is 2.22. The quantitative estimate of drug-likeness (QED) is 0.889. The van der Waals surface area contributed by atoms with Crippen LogP contribution in [0.2, 0.25) is 5.02 Å². The molecule has 2 rings (SSSR count). The third-order valence-electron chi connectivity index (χ3n) is 2.30. The molecule has 0 aliphatic rings. The predicted octanol–water partition coefficient (Wildman–Crippen LogP) is 2.92. The Morgan fingerprint density at radius 1 is 1.28 bits per heavy atom. The maximum absolute atomic E-state index is 5.96. The normalized spacial score (nSPS) is 9.94. The fourth-order valence-corrected chi connectivity index (χ4v) is 1.63. The number of methoxy groups -OCH3 is 1. The van der Waals surface area contributed by atoms with Crippen molar-refractivity contribution in [2.75, 3.05) is 24.8 Å². The van der Waals surface area contributed by atoms with Gasteiger partial charge in [-0.25, -0.2) is 4.98 Å². The van der Waals surface area contributed by atoms with Gasteiger partial charge in [0, 0.05) is 25.0 Å². The maximum atomic E-state index is 5.96. The second kappa shape index (κ2) is 5.55. The van der Waals surface area contributed by atoms with Crippen LogP contribution in [0.3, 0.4) is 0 Å². The van der Waals surface area contributed by atoms with Crippen LogP contribution < -0.4 is 15.4 Å². The Kier molecular flexibility index (Phi) is 3.84. The SMILES string of the molecule is CNc1nccc(Nc2ccc(Cl)c(OC)c2)n1. The highest BCUT2D eigenvalue weighted by Gasteiger charge is 2.03. The molecule has 0 bridgehead atoms. The van der Waals surface area contributed by atoms with Gasteiger partial charge in [-0.3, -0.25) is 0 Å². The summed E-state index contributed by atoms with van der Waals surface area (Å²) in [5, 5.41) is 6.60. The van der Waals surface area contributed by atoms with E-state index in [9.17, 15) is 0 Å². The average molecular weight is 265 g/mol. The molecule has 0 fully saturated rings. The van der Waals surface area contributed by atoms with E-state index >= 15 is 0 Å². The average Bonchev–Trinajstić information content (AvgIpc) is 2.41. The Hall–Kier alpha value is -2.01. The van der Waals surface area contributed by atoms with Gasteiger partial charge in [-0.1, -0.05) is 11.6 Å². The number of aromatic nitrogens is 2. The minimum atomic E-state index is 0.556. The van der Waals surface area contributed by atoms with Crippen LogP contribution in [0.4, 0.5) is 17.5 Å². The molecule has 94 valence electrons. The molecule has 0 radical (unpaired) electrons. The number of nitrogens with zero attached hydrogens (tertiary/aromatic N) is 2. The van der Waals surface area contributed by atoms with Crippen LogP contribution >= 0.6 is 11.6 Å². The van der Waals surface area contributed by atoms with Crippen LogP contribution in [-0.4, -0.2) is 24.1 Å². The number of hydrogen-bond donors (Lipinski definition) is 2. The number of ether oxygens (including phenoxy) is 1. The first-order chi connectivity index (χ1) is 8.72. The summed E-state index contributed by atoms with van der Waals surface area (Å²) in [5.41, 5.74) is 0.844. The van der Waals surface area contributed by atoms with Crippen molar-refractivity contribution in [3.05, 3.63) is 35.5 Å². The molecular formula is C12H13ClN4O. The molecule has 0 saturated heterocycles. The number of rotatable bonds is 4. The number of hydrogen-bond acceptors (Lipinski definition) is 5. The Morgan fingerprint density at radius 2 is 2.11 bits per heavy atom. The first-order valence-electron chi connectivity index (χ1n) is 5.34. The summed E-state index contributed by atoms with van der Waals surface area (Å²) in [4.78, 5) is 8.30. The number of anilines is 3. The van der Waals surface area contributed by atoms with Crippen LogP contribution in [-0.2, 0) is 0 Å². The summed E-state index contributed by atoms with van der Waals surface area (Å²) >= 11 is 5.96. The van der Waals surface area contributed by atoms with E-state index in [1.54, 1.807) is 32.5 Å². The Morgan fingerprint density at radius 3 is 2.83 bits per heavy atom. The van der Waals surface area contributed by atoms with Crippen molar-refractivity contribution in [3.63, 3.8) is 0 Å². The van der Waals surface area contributed by atoms with Crippen molar-refractivity contribution < 1.29 is 4.74 Å². The van der Waals surface area contributed by atoms with E-state index in [2.05, 4.69) is 20.6 Å². The van der Waals surface area contributed by atoms with Crippen LogP contribution in [0, 0.1) is 0 Å². The zero-order valence-electron chi connectivity index (χ0n) is 10.1. The molecule has 0 spiro atoms. The van der Waals surface area contributed by atoms with Gasteiger partial charge in [0.15, 0.2) is 0 Å². The van der Waals surface area contributed by atoms with Crippen LogP contribution in [0.15, 0.2) is 30.5 Å². The molecule has 2 N–H and O–H groups in total. The van der Waals surface area contributed by atoms with E-state index in [1.165, 1.54) is 0 Å². The zero-order chi connectivity index (χ0) is 13.0. The third-order valence-corrected chi connectivity index (χ3v) is 2.61. The van der Waals surface area contributed by atoms with Gasteiger partial charge in [0.25, 0.3) is 0 Å². The standard InChI is InChI=1S/C12H13ClN4O/c1-14-12-15-6-5-11(17-12)16-8-3-4-9(13)10(7-8)18-2/h3-7H,1-2H3,(H2,14,15,16,17). The second-order valence-electron chi connectivity index (χ2n) is 3.49. The lowest BCUT2D eigenvalue weighted by atomic mass is 10.3. The molecule has 0 unspecified atom stereocenters. The first kappa shape index (κ1) is 12.4. The minimum Gasteiger partial charge on any atom is -0.495 e. The van der Waals surface area contributed by atoms with Crippen molar-refractivity contribution in [2.45, 2.75) is 0 Å². The summed E-state index contributed by atoms with van der Waals surface area (Å²) in [7, 11) is 3.35. The molecule has 1 aromatic carbocycles. The van der Waals surface area contributed by atoms with E-state index in [4.69, 9.17) is 16.3 Å². The third kappa shape index (κ3) is 2.81. The van der Waals surface area contributed by atoms with E-state index in [1.807, 2.05) is 12.1 Å². The fraction of sp³-hybridized carbons (Fsp3) is 0.167. The number of halogens is 1. The van der Waals surface area contributed by atoms with E-state index in [0.717, 1.165) is 5.69 Å². The highest BCUT2D eigenvalue weighted by Crippen LogP contribution is 2.28. The summed E-state index contributed by atoms with van der Waals surface area (Å²) < 4.78 is 5.15. The largest absolute Gasteiger partial charge is 0.495 e. The lowest BCUT2D eigenvalue weighted by molar-refractivity contribution is 0.415. The van der Waals surface area contributed by atoms with E-state index in [-0.39, 0.29) is 0 Å². The van der Waals surface area contributed by atoms with Gasteiger partial charge in [-0.15, -0.1) is 0 Å². The van der Waals surface area contributed by atoms with Gasteiger partial charge in [-0.05, 0) is 18.2 Å². The lowest BCUT2D eigenvalue weighted by Gasteiger charge is -2.09. The topological polar surface area (TPSA) is 59.1 Å². The highest BCUT2D eigenvalue weighted by molar-refractivity contribution is 6.32. The molecule has 6 heteroatoms. The van der Waals surface area contributed by atoms with Gasteiger partial charge in [-0.2, -0.15) is 4.98 Å². The number of nitrogens with one attached hydrogen (secondary N) is 2. The zero-order valence-corrected chi connectivity index (χ0v) is 10.8. The van der Waals surface area contributed by atoms with Gasteiger partial charge >= 0.3 is 0 Å². The molecule has 1 heterocycles. The van der Waals surface area contributed by atoms with Crippen LogP contribution in [0.25, 0.3) is 0 Å². The predicted molar refractivity (Wildman–Crippen MR) is 72.9 cm³/mol. The van der Waals surface area contributed by atoms with E-state index < -0.39 is 0 Å². The first-order valence-corrected chi connectivity index (χ1v) is 5.72. The molecule has 0 atom stereocenters. The van der Waals surface area contributed by atoms with Crippen molar-refractivity contribution >= 4 is 29.1 Å². The fourth-order valence-electron chi connectivity index (χ4n) is 1.43. The molecule has 1 aromatic heterocycles. The van der Waals surface area contributed by atoms with Crippen molar-refractivity contribution in [3.8, 4) is 5.75 Å². The second-order valence-corrected chi connectivity index (χ2v) is 3.90. The maximum Gasteiger partial charge on any atom is 0.224 e. The Bertz CT molecular complexity index is 547. The molecule has 0 aliphatic carbocycles. The van der Waals surface area contributed by atoms with Crippen LogP contribution in [0.1, 0.15) is 0 Å². The van der Waals surface area contributed by atoms with Crippen molar-refractivity contribution in [1.82, 2.24) is 9.97 Å². The summed E-state index contributed by atoms with van der Waals surface area (Å²) in [6, 6.07) is 7.21. The molecule has 2 aromatic rings. The molecule has 0 amide bonds. The molecule has 5 nitrogen and oxygen atoms in total. The summed E-state index contributed by atoms with van der Waals surface area (Å²) in [6.45, 7) is 0. The smallest absolute Gasteiger partial charge is 0.224 e. The van der Waals surface area contributed by atoms with Gasteiger partial charge in [0.2, 0.25) is 5.95 Å².